The molecule has 0 radical (unpaired) electrons. The summed E-state index contributed by atoms with van der Waals surface area (Å²) in [6, 6.07) is 6.50. The van der Waals surface area contributed by atoms with Crippen LogP contribution in [0.1, 0.15) is 37.3 Å². The van der Waals surface area contributed by atoms with Crippen molar-refractivity contribution < 1.29 is 4.74 Å². The highest BCUT2D eigenvalue weighted by molar-refractivity contribution is 7.80. The fraction of sp³-hybridized carbons (Fsp3) is 0.600. The van der Waals surface area contributed by atoms with Crippen LogP contribution in [0.2, 0.25) is 0 Å². The van der Waals surface area contributed by atoms with Crippen molar-refractivity contribution in [1.29, 1.82) is 0 Å². The van der Waals surface area contributed by atoms with Gasteiger partial charge in [0.15, 0.2) is 0 Å². The van der Waals surface area contributed by atoms with Crippen molar-refractivity contribution in [1.82, 2.24) is 5.32 Å². The molecule has 0 heterocycles. The molecular formula is C15H25NOS. The van der Waals surface area contributed by atoms with Crippen LogP contribution >= 0.6 is 12.6 Å². The molecule has 0 aliphatic heterocycles. The highest BCUT2D eigenvalue weighted by Crippen LogP contribution is 2.24. The average Bonchev–Trinajstić information content (AvgIpc) is 2.38. The number of hydrogen-bond donors (Lipinski definition) is 2. The number of thiol groups is 1. The monoisotopic (exact) mass is 267 g/mol. The predicted octanol–water partition coefficient (Wildman–Crippen LogP) is 3.27. The minimum atomic E-state index is 0.562. The standard InChI is InChI=1S/C15H25NOS/c1-12(2)13-5-6-15(17-3)14(11-13)7-9-16-8-4-10-18/h5-6,11-12,16,18H,4,7-10H2,1-3H3. The molecule has 0 bridgehead atoms. The Balaban J connectivity index is 2.58. The quantitative estimate of drug-likeness (QED) is 0.557. The molecule has 0 aromatic heterocycles. The Morgan fingerprint density at radius 3 is 2.67 bits per heavy atom. The maximum atomic E-state index is 5.42. The van der Waals surface area contributed by atoms with Crippen LogP contribution in [0.3, 0.4) is 0 Å². The SMILES string of the molecule is COc1ccc(C(C)C)cc1CCNCCCS. The lowest BCUT2D eigenvalue weighted by atomic mass is 9.99. The highest BCUT2D eigenvalue weighted by atomic mass is 32.1. The van der Waals surface area contributed by atoms with Crippen LogP contribution < -0.4 is 10.1 Å². The molecular weight excluding hydrogens is 242 g/mol. The van der Waals surface area contributed by atoms with Gasteiger partial charge in [-0.25, -0.2) is 0 Å². The molecule has 0 aliphatic carbocycles. The van der Waals surface area contributed by atoms with E-state index in [0.29, 0.717) is 5.92 Å². The van der Waals surface area contributed by atoms with Gasteiger partial charge in [0.05, 0.1) is 7.11 Å². The van der Waals surface area contributed by atoms with Gasteiger partial charge >= 0.3 is 0 Å². The van der Waals surface area contributed by atoms with E-state index in [1.807, 2.05) is 0 Å². The molecule has 18 heavy (non-hydrogen) atoms. The van der Waals surface area contributed by atoms with Crippen LogP contribution in [0.4, 0.5) is 0 Å². The van der Waals surface area contributed by atoms with E-state index in [4.69, 9.17) is 4.74 Å². The van der Waals surface area contributed by atoms with Crippen LogP contribution in [0.25, 0.3) is 0 Å². The largest absolute Gasteiger partial charge is 0.496 e. The van der Waals surface area contributed by atoms with E-state index in [9.17, 15) is 0 Å². The molecule has 0 unspecified atom stereocenters. The normalized spacial score (nSPS) is 10.9. The van der Waals surface area contributed by atoms with Crippen molar-refractivity contribution >= 4 is 12.6 Å². The maximum Gasteiger partial charge on any atom is 0.122 e. The van der Waals surface area contributed by atoms with Crippen molar-refractivity contribution in [3.63, 3.8) is 0 Å². The summed E-state index contributed by atoms with van der Waals surface area (Å²) < 4.78 is 5.42. The minimum Gasteiger partial charge on any atom is -0.496 e. The molecule has 1 N–H and O–H groups in total. The lowest BCUT2D eigenvalue weighted by molar-refractivity contribution is 0.409. The molecule has 1 rings (SSSR count). The van der Waals surface area contributed by atoms with Gasteiger partial charge in [0.1, 0.15) is 5.75 Å². The van der Waals surface area contributed by atoms with Gasteiger partial charge in [0, 0.05) is 0 Å². The summed E-state index contributed by atoms with van der Waals surface area (Å²) in [4.78, 5) is 0. The Morgan fingerprint density at radius 2 is 2.06 bits per heavy atom. The van der Waals surface area contributed by atoms with Crippen LogP contribution in [-0.2, 0) is 6.42 Å². The predicted molar refractivity (Wildman–Crippen MR) is 82.1 cm³/mol. The Bertz CT molecular complexity index is 352. The van der Waals surface area contributed by atoms with E-state index in [1.54, 1.807) is 7.11 Å². The average molecular weight is 267 g/mol. The summed E-state index contributed by atoms with van der Waals surface area (Å²) in [6.07, 6.45) is 2.13. The molecule has 0 fully saturated rings. The third-order valence-electron chi connectivity index (χ3n) is 3.05. The molecule has 2 nitrogen and oxygen atoms in total. The number of nitrogens with one attached hydrogen (secondary N) is 1. The molecule has 102 valence electrons. The van der Waals surface area contributed by atoms with Crippen LogP contribution in [0.5, 0.6) is 5.75 Å². The van der Waals surface area contributed by atoms with E-state index < -0.39 is 0 Å². The molecule has 0 spiro atoms. The Morgan fingerprint density at radius 1 is 1.28 bits per heavy atom. The lowest BCUT2D eigenvalue weighted by Gasteiger charge is -2.13. The van der Waals surface area contributed by atoms with Crippen molar-refractivity contribution in [2.45, 2.75) is 32.6 Å². The summed E-state index contributed by atoms with van der Waals surface area (Å²) in [5.41, 5.74) is 2.67. The molecule has 0 atom stereocenters. The smallest absolute Gasteiger partial charge is 0.122 e. The number of benzene rings is 1. The van der Waals surface area contributed by atoms with Gasteiger partial charge in [0.2, 0.25) is 0 Å². The molecule has 1 aromatic carbocycles. The molecule has 0 saturated carbocycles. The first-order valence-corrected chi connectivity index (χ1v) is 7.30. The topological polar surface area (TPSA) is 21.3 Å². The third kappa shape index (κ3) is 4.91. The van der Waals surface area contributed by atoms with Crippen molar-refractivity contribution in [3.05, 3.63) is 29.3 Å². The maximum absolute atomic E-state index is 5.42. The first-order chi connectivity index (χ1) is 8.69. The van der Waals surface area contributed by atoms with E-state index in [1.165, 1.54) is 11.1 Å². The van der Waals surface area contributed by atoms with Gasteiger partial charge in [-0.3, -0.25) is 0 Å². The van der Waals surface area contributed by atoms with E-state index in [-0.39, 0.29) is 0 Å². The van der Waals surface area contributed by atoms with E-state index in [2.05, 4.69) is 50.0 Å². The fourth-order valence-electron chi connectivity index (χ4n) is 1.91. The van der Waals surface area contributed by atoms with Gasteiger partial charge in [-0.1, -0.05) is 26.0 Å². The van der Waals surface area contributed by atoms with Gasteiger partial charge in [-0.15, -0.1) is 0 Å². The first-order valence-electron chi connectivity index (χ1n) is 6.67. The van der Waals surface area contributed by atoms with E-state index >= 15 is 0 Å². The zero-order chi connectivity index (χ0) is 13.4. The summed E-state index contributed by atoms with van der Waals surface area (Å²) >= 11 is 4.20. The summed E-state index contributed by atoms with van der Waals surface area (Å²) in [6.45, 7) is 6.47. The highest BCUT2D eigenvalue weighted by Gasteiger charge is 2.06. The second-order valence-electron chi connectivity index (χ2n) is 4.80. The zero-order valence-corrected chi connectivity index (χ0v) is 12.6. The molecule has 0 aliphatic rings. The number of ether oxygens (including phenoxy) is 1. The first kappa shape index (κ1) is 15.4. The van der Waals surface area contributed by atoms with Crippen molar-refractivity contribution in [2.24, 2.45) is 0 Å². The fourth-order valence-corrected chi connectivity index (χ4v) is 2.06. The number of rotatable bonds is 8. The Kier molecular flexibility index (Phi) is 7.21. The minimum absolute atomic E-state index is 0.562. The third-order valence-corrected chi connectivity index (χ3v) is 3.37. The Hall–Kier alpha value is -0.670. The zero-order valence-electron chi connectivity index (χ0n) is 11.7. The molecule has 1 aromatic rings. The molecule has 0 saturated heterocycles. The van der Waals surface area contributed by atoms with Crippen molar-refractivity contribution in [2.75, 3.05) is 26.0 Å². The van der Waals surface area contributed by atoms with Crippen LogP contribution in [0.15, 0.2) is 18.2 Å². The summed E-state index contributed by atoms with van der Waals surface area (Å²) in [7, 11) is 1.74. The second kappa shape index (κ2) is 8.44. The van der Waals surface area contributed by atoms with Gasteiger partial charge in [-0.05, 0) is 54.8 Å². The van der Waals surface area contributed by atoms with Crippen molar-refractivity contribution in [3.8, 4) is 5.75 Å². The van der Waals surface area contributed by atoms with Gasteiger partial charge in [0.25, 0.3) is 0 Å². The lowest BCUT2D eigenvalue weighted by Crippen LogP contribution is -2.19. The Labute approximate surface area is 117 Å². The van der Waals surface area contributed by atoms with Gasteiger partial charge in [-0.2, -0.15) is 12.6 Å². The second-order valence-corrected chi connectivity index (χ2v) is 5.25. The summed E-state index contributed by atoms with van der Waals surface area (Å²) in [5, 5.41) is 3.43. The number of methoxy groups -OCH3 is 1. The molecule has 0 amide bonds. The van der Waals surface area contributed by atoms with E-state index in [0.717, 1.165) is 37.4 Å². The van der Waals surface area contributed by atoms with Crippen LogP contribution in [0, 0.1) is 0 Å². The summed E-state index contributed by atoms with van der Waals surface area (Å²) in [5.74, 6) is 2.50. The molecule has 3 heteroatoms. The number of hydrogen-bond acceptors (Lipinski definition) is 3. The van der Waals surface area contributed by atoms with Gasteiger partial charge < -0.3 is 10.1 Å². The van der Waals surface area contributed by atoms with Crippen LogP contribution in [-0.4, -0.2) is 26.0 Å².